The van der Waals surface area contributed by atoms with E-state index in [1.54, 1.807) is 12.0 Å². The molecule has 0 amide bonds. The van der Waals surface area contributed by atoms with E-state index in [4.69, 9.17) is 9.47 Å². The number of anilines is 1. The minimum Gasteiger partial charge on any atom is -0.495 e. The molecule has 0 saturated carbocycles. The van der Waals surface area contributed by atoms with Crippen LogP contribution >= 0.6 is 0 Å². The van der Waals surface area contributed by atoms with Crippen molar-refractivity contribution in [1.82, 2.24) is 0 Å². The lowest BCUT2D eigenvalue weighted by molar-refractivity contribution is -0.527. The van der Waals surface area contributed by atoms with Gasteiger partial charge in [-0.15, -0.1) is 0 Å². The number of hydrogen-bond acceptors (Lipinski definition) is 5. The van der Waals surface area contributed by atoms with Crippen molar-refractivity contribution >= 4 is 5.69 Å². The van der Waals surface area contributed by atoms with E-state index < -0.39 is 18.5 Å². The van der Waals surface area contributed by atoms with Crippen molar-refractivity contribution in [3.05, 3.63) is 106 Å². The largest absolute Gasteiger partial charge is 0.495 e. The summed E-state index contributed by atoms with van der Waals surface area (Å²) in [5, 5.41) is 12.5. The average molecular weight is 447 g/mol. The summed E-state index contributed by atoms with van der Waals surface area (Å²) in [6.07, 6.45) is -1.56. The molecule has 0 bridgehead atoms. The van der Waals surface area contributed by atoms with Gasteiger partial charge in [-0.3, -0.25) is 15.0 Å². The molecule has 1 unspecified atom stereocenters. The average Bonchev–Trinajstić information content (AvgIpc) is 3.25. The van der Waals surface area contributed by atoms with Gasteiger partial charge in [0.2, 0.25) is 0 Å². The van der Waals surface area contributed by atoms with Crippen LogP contribution in [-0.2, 0) is 10.2 Å². The summed E-state index contributed by atoms with van der Waals surface area (Å²) < 4.78 is 12.1. The van der Waals surface area contributed by atoms with E-state index in [9.17, 15) is 10.1 Å². The van der Waals surface area contributed by atoms with Gasteiger partial charge in [0, 0.05) is 10.5 Å². The van der Waals surface area contributed by atoms with Crippen LogP contribution in [0.5, 0.6) is 5.75 Å². The molecule has 172 valence electrons. The van der Waals surface area contributed by atoms with Gasteiger partial charge >= 0.3 is 6.17 Å². The second kappa shape index (κ2) is 9.24. The Morgan fingerprint density at radius 2 is 1.61 bits per heavy atom. The molecule has 1 aliphatic rings. The zero-order chi connectivity index (χ0) is 23.6. The Kier molecular flexibility index (Phi) is 6.38. The fourth-order valence-electron chi connectivity index (χ4n) is 4.31. The summed E-state index contributed by atoms with van der Waals surface area (Å²) in [5.74, 6) is 0.579. The lowest BCUT2D eigenvalue weighted by Crippen LogP contribution is -2.40. The van der Waals surface area contributed by atoms with Crippen LogP contribution in [0.4, 0.5) is 5.69 Å². The van der Waals surface area contributed by atoms with Crippen molar-refractivity contribution in [2.75, 3.05) is 12.0 Å². The summed E-state index contributed by atoms with van der Waals surface area (Å²) in [6, 6.07) is 25.0. The molecule has 0 N–H and O–H groups in total. The number of benzene rings is 3. The van der Waals surface area contributed by atoms with Crippen molar-refractivity contribution in [3.63, 3.8) is 0 Å². The molecule has 0 spiro atoms. The number of rotatable bonds is 7. The van der Waals surface area contributed by atoms with Crippen LogP contribution in [0, 0.1) is 10.1 Å². The smallest absolute Gasteiger partial charge is 0.319 e. The van der Waals surface area contributed by atoms with E-state index >= 15 is 0 Å². The highest BCUT2D eigenvalue weighted by molar-refractivity contribution is 5.63. The molecule has 6 heteroatoms. The third-order valence-corrected chi connectivity index (χ3v) is 6.64. The first kappa shape index (κ1) is 22.8. The molecule has 1 heterocycles. The van der Waals surface area contributed by atoms with Gasteiger partial charge in [0.1, 0.15) is 5.75 Å². The van der Waals surface area contributed by atoms with Crippen molar-refractivity contribution in [2.24, 2.45) is 0 Å². The molecule has 6 nitrogen and oxygen atoms in total. The molecule has 3 aromatic carbocycles. The van der Waals surface area contributed by atoms with Gasteiger partial charge in [-0.25, -0.2) is 0 Å². The van der Waals surface area contributed by atoms with Gasteiger partial charge in [0.15, 0.2) is 12.3 Å². The highest BCUT2D eigenvalue weighted by Crippen LogP contribution is 2.48. The number of hydrogen-bond donors (Lipinski definition) is 0. The number of methoxy groups -OCH3 is 1. The Labute approximate surface area is 194 Å². The van der Waals surface area contributed by atoms with E-state index in [-0.39, 0.29) is 10.3 Å². The summed E-state index contributed by atoms with van der Waals surface area (Å²) in [6.45, 7) is 6.48. The third kappa shape index (κ3) is 4.31. The summed E-state index contributed by atoms with van der Waals surface area (Å²) in [5.41, 5.74) is 3.28. The molecular formula is C27H30N2O4. The molecule has 0 radical (unpaired) electrons. The lowest BCUT2D eigenvalue weighted by Gasteiger charge is -2.30. The van der Waals surface area contributed by atoms with Gasteiger partial charge in [-0.2, -0.15) is 0 Å². The van der Waals surface area contributed by atoms with E-state index in [0.29, 0.717) is 11.4 Å². The quantitative estimate of drug-likeness (QED) is 0.316. The molecule has 3 aromatic rings. The minimum atomic E-state index is -1.12. The Bertz CT molecular complexity index is 1100. The Hall–Kier alpha value is -3.38. The number of nitro groups is 1. The van der Waals surface area contributed by atoms with E-state index in [1.165, 1.54) is 0 Å². The molecule has 0 aromatic heterocycles. The van der Waals surface area contributed by atoms with Crippen molar-refractivity contribution in [1.29, 1.82) is 0 Å². The Morgan fingerprint density at radius 1 is 1.00 bits per heavy atom. The van der Waals surface area contributed by atoms with Crippen LogP contribution in [0.1, 0.15) is 56.2 Å². The Balaban J connectivity index is 1.92. The van der Waals surface area contributed by atoms with Gasteiger partial charge in [0.25, 0.3) is 0 Å². The molecule has 1 aliphatic heterocycles. The molecule has 3 atom stereocenters. The summed E-state index contributed by atoms with van der Waals surface area (Å²) in [4.78, 5) is 14.0. The van der Waals surface area contributed by atoms with Crippen LogP contribution in [0.2, 0.25) is 0 Å². The third-order valence-electron chi connectivity index (χ3n) is 6.64. The normalized spacial score (nSPS) is 20.6. The predicted molar refractivity (Wildman–Crippen MR) is 129 cm³/mol. The van der Waals surface area contributed by atoms with Crippen molar-refractivity contribution in [3.8, 4) is 5.75 Å². The van der Waals surface area contributed by atoms with E-state index in [0.717, 1.165) is 23.1 Å². The number of nitrogens with zero attached hydrogens (tertiary/aromatic N) is 2. The topological polar surface area (TPSA) is 64.8 Å². The predicted octanol–water partition coefficient (Wildman–Crippen LogP) is 6.26. The van der Waals surface area contributed by atoms with Gasteiger partial charge in [-0.05, 0) is 35.1 Å². The maximum Gasteiger partial charge on any atom is 0.319 e. The monoisotopic (exact) mass is 446 g/mol. The minimum absolute atomic E-state index is 0.0905. The molecule has 1 fully saturated rings. The summed E-state index contributed by atoms with van der Waals surface area (Å²) in [7, 11) is 1.59. The maximum absolute atomic E-state index is 12.5. The first-order valence-corrected chi connectivity index (χ1v) is 11.2. The Morgan fingerprint density at radius 3 is 2.15 bits per heavy atom. The molecule has 4 rings (SSSR count). The van der Waals surface area contributed by atoms with Crippen LogP contribution in [0.3, 0.4) is 0 Å². The van der Waals surface area contributed by atoms with Gasteiger partial charge in [-0.1, -0.05) is 87.5 Å². The SMILES string of the molecule is CCC(C)(C)c1ccc(OC)c(N2C(c3ccccc3)O[C@@H](c3ccccc3)[C@@H]2[N+](=O)[O-])c1. The fourth-order valence-corrected chi connectivity index (χ4v) is 4.31. The van der Waals surface area contributed by atoms with Crippen LogP contribution in [0.15, 0.2) is 78.9 Å². The van der Waals surface area contributed by atoms with Gasteiger partial charge in [0.05, 0.1) is 12.8 Å². The van der Waals surface area contributed by atoms with Crippen molar-refractivity contribution < 1.29 is 14.4 Å². The lowest BCUT2D eigenvalue weighted by atomic mass is 9.82. The second-order valence-electron chi connectivity index (χ2n) is 8.96. The molecule has 0 aliphatic carbocycles. The maximum atomic E-state index is 12.5. The van der Waals surface area contributed by atoms with Crippen LogP contribution < -0.4 is 9.64 Å². The van der Waals surface area contributed by atoms with Crippen molar-refractivity contribution in [2.45, 2.75) is 51.1 Å². The first-order chi connectivity index (χ1) is 15.9. The summed E-state index contributed by atoms with van der Waals surface area (Å²) >= 11 is 0. The standard InChI is InChI=1S/C27H30N2O4/c1-5-27(2,3)21-16-17-23(32-4)22(18-21)28-25(29(30)31)24(19-12-8-6-9-13-19)33-26(28)20-14-10-7-11-15-20/h6-18,24-26H,5H2,1-4H3/t24-,25-,26?/m0/s1. The van der Waals surface area contributed by atoms with E-state index in [2.05, 4.69) is 20.8 Å². The van der Waals surface area contributed by atoms with Crippen LogP contribution in [0.25, 0.3) is 0 Å². The molecule has 33 heavy (non-hydrogen) atoms. The zero-order valence-electron chi connectivity index (χ0n) is 19.5. The fraction of sp³-hybridized carbons (Fsp3) is 0.333. The van der Waals surface area contributed by atoms with Gasteiger partial charge < -0.3 is 9.47 Å². The zero-order valence-corrected chi connectivity index (χ0v) is 19.5. The highest BCUT2D eigenvalue weighted by atomic mass is 16.6. The first-order valence-electron chi connectivity index (χ1n) is 11.2. The van der Waals surface area contributed by atoms with E-state index in [1.807, 2.05) is 78.9 Å². The molecular weight excluding hydrogens is 416 g/mol. The highest BCUT2D eigenvalue weighted by Gasteiger charge is 2.52. The van der Waals surface area contributed by atoms with Crippen LogP contribution in [-0.4, -0.2) is 18.2 Å². The number of ether oxygens (including phenoxy) is 2. The molecule has 1 saturated heterocycles. The second-order valence-corrected chi connectivity index (χ2v) is 8.96.